The number of aromatic nitrogens is 2. The molecule has 6 nitrogen and oxygen atoms in total. The third kappa shape index (κ3) is 2.71. The lowest BCUT2D eigenvalue weighted by atomic mass is 10.1. The van der Waals surface area contributed by atoms with Crippen LogP contribution in [0, 0.1) is 0 Å². The zero-order chi connectivity index (χ0) is 13.9. The molecule has 6 heteroatoms. The number of nitrogens with zero attached hydrogens (tertiary/aromatic N) is 4. The van der Waals surface area contributed by atoms with Crippen molar-refractivity contribution in [2.75, 3.05) is 32.7 Å². The highest BCUT2D eigenvalue weighted by Crippen LogP contribution is 2.21. The van der Waals surface area contributed by atoms with E-state index in [4.69, 9.17) is 0 Å². The van der Waals surface area contributed by atoms with Gasteiger partial charge in [0.05, 0.1) is 11.7 Å². The first-order valence-electron chi connectivity index (χ1n) is 7.46. The number of hydrogen-bond donors (Lipinski definition) is 1. The van der Waals surface area contributed by atoms with E-state index in [2.05, 4.69) is 15.3 Å². The van der Waals surface area contributed by atoms with Crippen molar-refractivity contribution in [3.63, 3.8) is 0 Å². The van der Waals surface area contributed by atoms with E-state index in [0.717, 1.165) is 52.1 Å². The zero-order valence-corrected chi connectivity index (χ0v) is 12.1. The molecular weight excluding hydrogens is 254 g/mol. The van der Waals surface area contributed by atoms with Crippen molar-refractivity contribution in [3.8, 4) is 0 Å². The standard InChI is InChI=1S/C14H23N5O/c1-17-12(4-5-16-17)11-19-8-2-3-13(19)14(20)18-9-6-15-7-10-18/h4-5,13,15H,2-3,6-11H2,1H3. The van der Waals surface area contributed by atoms with Gasteiger partial charge in [0.15, 0.2) is 0 Å². The van der Waals surface area contributed by atoms with Crippen molar-refractivity contribution in [2.24, 2.45) is 7.05 Å². The van der Waals surface area contributed by atoms with Gasteiger partial charge in [-0.05, 0) is 25.5 Å². The predicted octanol–water partition coefficient (Wildman–Crippen LogP) is -0.184. The number of carbonyl (C=O) groups excluding carboxylic acids is 1. The van der Waals surface area contributed by atoms with Crippen LogP contribution in [0.4, 0.5) is 0 Å². The van der Waals surface area contributed by atoms with Gasteiger partial charge < -0.3 is 10.2 Å². The summed E-state index contributed by atoms with van der Waals surface area (Å²) in [6.07, 6.45) is 3.92. The summed E-state index contributed by atoms with van der Waals surface area (Å²) in [6, 6.07) is 2.09. The topological polar surface area (TPSA) is 53.4 Å². The minimum Gasteiger partial charge on any atom is -0.339 e. The number of likely N-dealkylation sites (tertiary alicyclic amines) is 1. The van der Waals surface area contributed by atoms with E-state index in [0.29, 0.717) is 5.91 Å². The molecule has 1 N–H and O–H groups in total. The molecule has 0 aliphatic carbocycles. The number of amides is 1. The average molecular weight is 277 g/mol. The molecule has 110 valence electrons. The highest BCUT2D eigenvalue weighted by Gasteiger charge is 2.34. The first-order valence-corrected chi connectivity index (χ1v) is 7.46. The molecule has 0 bridgehead atoms. The number of hydrogen-bond acceptors (Lipinski definition) is 4. The molecule has 0 spiro atoms. The SMILES string of the molecule is Cn1nccc1CN1CCCC1C(=O)N1CCNCC1. The number of rotatable bonds is 3. The lowest BCUT2D eigenvalue weighted by Crippen LogP contribution is -2.52. The average Bonchev–Trinajstić information content (AvgIpc) is 3.09. The summed E-state index contributed by atoms with van der Waals surface area (Å²) in [5.41, 5.74) is 1.17. The van der Waals surface area contributed by atoms with Crippen LogP contribution < -0.4 is 5.32 Å². The Morgan fingerprint density at radius 3 is 2.90 bits per heavy atom. The number of carbonyl (C=O) groups is 1. The predicted molar refractivity (Wildman–Crippen MR) is 76.1 cm³/mol. The Balaban J connectivity index is 1.65. The van der Waals surface area contributed by atoms with Gasteiger partial charge in [-0.15, -0.1) is 0 Å². The van der Waals surface area contributed by atoms with Crippen molar-refractivity contribution in [1.82, 2.24) is 24.9 Å². The van der Waals surface area contributed by atoms with Crippen molar-refractivity contribution in [2.45, 2.75) is 25.4 Å². The molecule has 0 saturated carbocycles. The van der Waals surface area contributed by atoms with Gasteiger partial charge in [-0.3, -0.25) is 14.4 Å². The molecule has 20 heavy (non-hydrogen) atoms. The fourth-order valence-electron chi connectivity index (χ4n) is 3.16. The molecule has 2 saturated heterocycles. The normalized spacial score (nSPS) is 24.2. The second-order valence-corrected chi connectivity index (χ2v) is 5.65. The quantitative estimate of drug-likeness (QED) is 0.832. The molecular formula is C14H23N5O. The molecule has 1 amide bonds. The van der Waals surface area contributed by atoms with Crippen molar-refractivity contribution in [3.05, 3.63) is 18.0 Å². The van der Waals surface area contributed by atoms with Gasteiger partial charge >= 0.3 is 0 Å². The van der Waals surface area contributed by atoms with Gasteiger partial charge in [0.1, 0.15) is 0 Å². The lowest BCUT2D eigenvalue weighted by Gasteiger charge is -2.32. The molecule has 2 aliphatic heterocycles. The summed E-state index contributed by atoms with van der Waals surface area (Å²) in [5.74, 6) is 0.311. The highest BCUT2D eigenvalue weighted by atomic mass is 16.2. The van der Waals surface area contributed by atoms with E-state index < -0.39 is 0 Å². The molecule has 3 rings (SSSR count). The minimum atomic E-state index is 0.0583. The Morgan fingerprint density at radius 1 is 1.40 bits per heavy atom. The van der Waals surface area contributed by atoms with Gasteiger partial charge in [-0.25, -0.2) is 0 Å². The Kier molecular flexibility index (Phi) is 4.03. The van der Waals surface area contributed by atoms with Gasteiger partial charge in [0, 0.05) is 46.0 Å². The summed E-state index contributed by atoms with van der Waals surface area (Å²) in [5, 5.41) is 7.50. The van der Waals surface area contributed by atoms with Crippen LogP contribution in [0.5, 0.6) is 0 Å². The van der Waals surface area contributed by atoms with Crippen molar-refractivity contribution < 1.29 is 4.79 Å². The fraction of sp³-hybridized carbons (Fsp3) is 0.714. The monoisotopic (exact) mass is 277 g/mol. The Hall–Kier alpha value is -1.40. The Labute approximate surface area is 119 Å². The van der Waals surface area contributed by atoms with E-state index >= 15 is 0 Å². The van der Waals surface area contributed by atoms with E-state index in [1.807, 2.05) is 28.9 Å². The molecule has 1 aromatic heterocycles. The van der Waals surface area contributed by atoms with Crippen LogP contribution in [0.1, 0.15) is 18.5 Å². The Morgan fingerprint density at radius 2 is 2.20 bits per heavy atom. The maximum atomic E-state index is 12.7. The minimum absolute atomic E-state index is 0.0583. The van der Waals surface area contributed by atoms with E-state index in [-0.39, 0.29) is 6.04 Å². The zero-order valence-electron chi connectivity index (χ0n) is 12.1. The van der Waals surface area contributed by atoms with Crippen LogP contribution >= 0.6 is 0 Å². The van der Waals surface area contributed by atoms with E-state index in [1.54, 1.807) is 0 Å². The largest absolute Gasteiger partial charge is 0.339 e. The molecule has 2 fully saturated rings. The van der Waals surface area contributed by atoms with Gasteiger partial charge in [0.25, 0.3) is 0 Å². The van der Waals surface area contributed by atoms with Crippen LogP contribution in [0.2, 0.25) is 0 Å². The van der Waals surface area contributed by atoms with Crippen LogP contribution in [-0.4, -0.2) is 64.3 Å². The lowest BCUT2D eigenvalue weighted by molar-refractivity contribution is -0.136. The summed E-state index contributed by atoms with van der Waals surface area (Å²) in [6.45, 7) is 5.34. The molecule has 1 atom stereocenters. The molecule has 3 heterocycles. The van der Waals surface area contributed by atoms with Crippen LogP contribution in [0.3, 0.4) is 0 Å². The summed E-state index contributed by atoms with van der Waals surface area (Å²) in [7, 11) is 1.96. The smallest absolute Gasteiger partial charge is 0.240 e. The molecule has 1 unspecified atom stereocenters. The van der Waals surface area contributed by atoms with Crippen molar-refractivity contribution >= 4 is 5.91 Å². The molecule has 0 radical (unpaired) electrons. The summed E-state index contributed by atoms with van der Waals surface area (Å²) >= 11 is 0. The Bertz CT molecular complexity index is 466. The van der Waals surface area contributed by atoms with Crippen LogP contribution in [-0.2, 0) is 18.4 Å². The molecule has 0 aromatic carbocycles. The first-order chi connectivity index (χ1) is 9.75. The number of nitrogens with one attached hydrogen (secondary N) is 1. The maximum Gasteiger partial charge on any atom is 0.240 e. The maximum absolute atomic E-state index is 12.7. The van der Waals surface area contributed by atoms with E-state index in [1.165, 1.54) is 5.69 Å². The highest BCUT2D eigenvalue weighted by molar-refractivity contribution is 5.82. The first kappa shape index (κ1) is 13.6. The molecule has 2 aliphatic rings. The summed E-state index contributed by atoms with van der Waals surface area (Å²) < 4.78 is 1.89. The van der Waals surface area contributed by atoms with Crippen molar-refractivity contribution in [1.29, 1.82) is 0 Å². The van der Waals surface area contributed by atoms with Crippen LogP contribution in [0.25, 0.3) is 0 Å². The summed E-state index contributed by atoms with van der Waals surface area (Å²) in [4.78, 5) is 17.0. The van der Waals surface area contributed by atoms with Gasteiger partial charge in [-0.2, -0.15) is 5.10 Å². The second kappa shape index (κ2) is 5.93. The van der Waals surface area contributed by atoms with E-state index in [9.17, 15) is 4.79 Å². The molecule has 1 aromatic rings. The van der Waals surface area contributed by atoms with Gasteiger partial charge in [0.2, 0.25) is 5.91 Å². The second-order valence-electron chi connectivity index (χ2n) is 5.65. The third-order valence-electron chi connectivity index (χ3n) is 4.36. The fourth-order valence-corrected chi connectivity index (χ4v) is 3.16. The van der Waals surface area contributed by atoms with Crippen LogP contribution in [0.15, 0.2) is 12.3 Å². The van der Waals surface area contributed by atoms with Gasteiger partial charge in [-0.1, -0.05) is 0 Å². The number of aryl methyl sites for hydroxylation is 1. The third-order valence-corrected chi connectivity index (χ3v) is 4.36. The number of piperazine rings is 1.